The van der Waals surface area contributed by atoms with Crippen molar-refractivity contribution >= 4 is 5.91 Å². The number of imidazole rings is 1. The van der Waals surface area contributed by atoms with Crippen LogP contribution in [0.4, 0.5) is 0 Å². The van der Waals surface area contributed by atoms with Gasteiger partial charge in [-0.3, -0.25) is 4.79 Å². The van der Waals surface area contributed by atoms with E-state index >= 15 is 0 Å². The molecule has 0 radical (unpaired) electrons. The second-order valence-corrected chi connectivity index (χ2v) is 5.19. The zero-order valence-electron chi connectivity index (χ0n) is 11.2. The van der Waals surface area contributed by atoms with Crippen molar-refractivity contribution in [2.75, 3.05) is 6.54 Å². The van der Waals surface area contributed by atoms with Gasteiger partial charge in [0.1, 0.15) is 5.82 Å². The third-order valence-corrected chi connectivity index (χ3v) is 3.78. The Bertz CT molecular complexity index is 630. The quantitative estimate of drug-likeness (QED) is 0.865. The Labute approximate surface area is 112 Å². The van der Waals surface area contributed by atoms with Gasteiger partial charge in [-0.05, 0) is 36.6 Å². The van der Waals surface area contributed by atoms with Gasteiger partial charge in [-0.15, -0.1) is 0 Å². The second-order valence-electron chi connectivity index (χ2n) is 5.19. The summed E-state index contributed by atoms with van der Waals surface area (Å²) in [6, 6.07) is 6.37. The number of aromatic nitrogens is 2. The highest BCUT2D eigenvalue weighted by Gasteiger charge is 2.25. The average molecular weight is 255 g/mol. The number of benzene rings is 1. The fourth-order valence-electron chi connectivity index (χ4n) is 2.40. The molecule has 1 saturated heterocycles. The molecule has 1 aromatic heterocycles. The van der Waals surface area contributed by atoms with Gasteiger partial charge in [-0.1, -0.05) is 12.1 Å². The molecular formula is C15H17N3O. The molecule has 3 rings (SSSR count). The van der Waals surface area contributed by atoms with Crippen molar-refractivity contribution in [3.8, 4) is 11.3 Å². The third kappa shape index (κ3) is 2.26. The molecule has 2 aromatic rings. The third-order valence-electron chi connectivity index (χ3n) is 3.78. The minimum absolute atomic E-state index is 0.106. The lowest BCUT2D eigenvalue weighted by Crippen LogP contribution is -2.13. The first-order valence-electron chi connectivity index (χ1n) is 6.52. The van der Waals surface area contributed by atoms with Crippen LogP contribution < -0.4 is 5.32 Å². The van der Waals surface area contributed by atoms with Crippen LogP contribution in [0.5, 0.6) is 0 Å². The van der Waals surface area contributed by atoms with E-state index < -0.39 is 0 Å². The molecule has 1 atom stereocenters. The van der Waals surface area contributed by atoms with Gasteiger partial charge in [-0.25, -0.2) is 4.98 Å². The molecule has 0 spiro atoms. The largest absolute Gasteiger partial charge is 0.355 e. The van der Waals surface area contributed by atoms with Gasteiger partial charge in [0.15, 0.2) is 0 Å². The number of nitrogens with one attached hydrogen (secondary N) is 2. The molecule has 1 aromatic carbocycles. The lowest BCUT2D eigenvalue weighted by atomic mass is 10.0. The standard InChI is InChI=1S/C15H17N3O/c1-9-3-4-11(5-10(9)2)13-8-17-15(18-13)12-6-14(19)16-7-12/h3-5,8,12H,6-7H2,1-2H3,(H,16,19)(H,17,18)/t12-/m1/s1. The maximum absolute atomic E-state index is 11.2. The molecule has 98 valence electrons. The fraction of sp³-hybridized carbons (Fsp3) is 0.333. The number of nitrogens with zero attached hydrogens (tertiary/aromatic N) is 1. The lowest BCUT2D eigenvalue weighted by molar-refractivity contribution is -0.119. The van der Waals surface area contributed by atoms with Gasteiger partial charge in [0.25, 0.3) is 0 Å². The summed E-state index contributed by atoms with van der Waals surface area (Å²) in [7, 11) is 0. The molecule has 2 heterocycles. The topological polar surface area (TPSA) is 57.8 Å². The molecule has 1 aliphatic rings. The number of hydrogen-bond acceptors (Lipinski definition) is 2. The molecule has 19 heavy (non-hydrogen) atoms. The predicted molar refractivity (Wildman–Crippen MR) is 73.9 cm³/mol. The Morgan fingerprint density at radius 2 is 2.11 bits per heavy atom. The number of H-pyrrole nitrogens is 1. The highest BCUT2D eigenvalue weighted by molar-refractivity contribution is 5.79. The Hall–Kier alpha value is -2.10. The van der Waals surface area contributed by atoms with Crippen molar-refractivity contribution in [1.82, 2.24) is 15.3 Å². The molecule has 1 amide bonds. The van der Waals surface area contributed by atoms with Crippen LogP contribution in [0.3, 0.4) is 0 Å². The van der Waals surface area contributed by atoms with Gasteiger partial charge in [0.05, 0.1) is 11.9 Å². The monoisotopic (exact) mass is 255 g/mol. The van der Waals surface area contributed by atoms with E-state index in [1.807, 2.05) is 6.20 Å². The molecular weight excluding hydrogens is 238 g/mol. The van der Waals surface area contributed by atoms with Crippen LogP contribution >= 0.6 is 0 Å². The summed E-state index contributed by atoms with van der Waals surface area (Å²) in [5, 5.41) is 2.83. The van der Waals surface area contributed by atoms with E-state index in [-0.39, 0.29) is 11.8 Å². The number of amides is 1. The van der Waals surface area contributed by atoms with Gasteiger partial charge in [0.2, 0.25) is 5.91 Å². The van der Waals surface area contributed by atoms with Gasteiger partial charge in [-0.2, -0.15) is 0 Å². The van der Waals surface area contributed by atoms with Crippen molar-refractivity contribution in [1.29, 1.82) is 0 Å². The average Bonchev–Trinajstić information content (AvgIpc) is 3.01. The molecule has 1 fully saturated rings. The van der Waals surface area contributed by atoms with E-state index in [0.29, 0.717) is 13.0 Å². The molecule has 1 aliphatic heterocycles. The summed E-state index contributed by atoms with van der Waals surface area (Å²) in [6.07, 6.45) is 2.38. The highest BCUT2D eigenvalue weighted by Crippen LogP contribution is 2.25. The minimum Gasteiger partial charge on any atom is -0.355 e. The van der Waals surface area contributed by atoms with Crippen molar-refractivity contribution in [3.63, 3.8) is 0 Å². The van der Waals surface area contributed by atoms with E-state index in [4.69, 9.17) is 0 Å². The van der Waals surface area contributed by atoms with Crippen LogP contribution in [0.15, 0.2) is 24.4 Å². The first kappa shape index (κ1) is 12.0. The molecule has 0 saturated carbocycles. The van der Waals surface area contributed by atoms with Gasteiger partial charge in [0, 0.05) is 18.9 Å². The van der Waals surface area contributed by atoms with Crippen LogP contribution in [0, 0.1) is 13.8 Å². The first-order valence-corrected chi connectivity index (χ1v) is 6.52. The lowest BCUT2D eigenvalue weighted by Gasteiger charge is -2.04. The van der Waals surface area contributed by atoms with E-state index in [0.717, 1.165) is 17.1 Å². The summed E-state index contributed by atoms with van der Waals surface area (Å²) in [5.41, 5.74) is 4.71. The summed E-state index contributed by atoms with van der Waals surface area (Å²) in [4.78, 5) is 19.0. The number of rotatable bonds is 2. The first-order chi connectivity index (χ1) is 9.13. The Morgan fingerprint density at radius 1 is 1.26 bits per heavy atom. The number of carbonyl (C=O) groups excluding carboxylic acids is 1. The Kier molecular flexibility index (Phi) is 2.85. The maximum Gasteiger partial charge on any atom is 0.220 e. The van der Waals surface area contributed by atoms with Crippen LogP contribution in [-0.4, -0.2) is 22.4 Å². The highest BCUT2D eigenvalue weighted by atomic mass is 16.1. The molecule has 4 nitrogen and oxygen atoms in total. The minimum atomic E-state index is 0.106. The number of carbonyl (C=O) groups is 1. The zero-order chi connectivity index (χ0) is 13.4. The summed E-state index contributed by atoms with van der Waals surface area (Å²) < 4.78 is 0. The number of aryl methyl sites for hydroxylation is 2. The Morgan fingerprint density at radius 3 is 2.79 bits per heavy atom. The van der Waals surface area contributed by atoms with Crippen molar-refractivity contribution < 1.29 is 4.79 Å². The van der Waals surface area contributed by atoms with Crippen LogP contribution in [0.2, 0.25) is 0 Å². The van der Waals surface area contributed by atoms with Crippen LogP contribution in [0.25, 0.3) is 11.3 Å². The van der Waals surface area contributed by atoms with Crippen molar-refractivity contribution in [2.24, 2.45) is 0 Å². The Balaban J connectivity index is 1.88. The van der Waals surface area contributed by atoms with Crippen molar-refractivity contribution in [2.45, 2.75) is 26.2 Å². The molecule has 0 bridgehead atoms. The SMILES string of the molecule is Cc1ccc(-c2cnc([C@H]3CNC(=O)C3)[nH]2)cc1C. The molecule has 0 aliphatic carbocycles. The summed E-state index contributed by atoms with van der Waals surface area (Å²) >= 11 is 0. The van der Waals surface area contributed by atoms with Crippen LogP contribution in [0.1, 0.15) is 29.3 Å². The molecule has 4 heteroatoms. The van der Waals surface area contributed by atoms with E-state index in [1.54, 1.807) is 0 Å². The summed E-state index contributed by atoms with van der Waals surface area (Å²) in [6.45, 7) is 4.89. The molecule has 0 unspecified atom stereocenters. The normalized spacial score (nSPS) is 18.6. The number of hydrogen-bond donors (Lipinski definition) is 2. The van der Waals surface area contributed by atoms with Gasteiger partial charge < -0.3 is 10.3 Å². The maximum atomic E-state index is 11.2. The van der Waals surface area contributed by atoms with Crippen LogP contribution in [-0.2, 0) is 4.79 Å². The summed E-state index contributed by atoms with van der Waals surface area (Å²) in [5.74, 6) is 1.17. The predicted octanol–water partition coefficient (Wildman–Crippen LogP) is 2.30. The van der Waals surface area contributed by atoms with E-state index in [1.165, 1.54) is 11.1 Å². The number of aromatic amines is 1. The fourth-order valence-corrected chi connectivity index (χ4v) is 2.40. The van der Waals surface area contributed by atoms with E-state index in [9.17, 15) is 4.79 Å². The van der Waals surface area contributed by atoms with Crippen molar-refractivity contribution in [3.05, 3.63) is 41.3 Å². The smallest absolute Gasteiger partial charge is 0.220 e. The van der Waals surface area contributed by atoms with Gasteiger partial charge >= 0.3 is 0 Å². The second kappa shape index (κ2) is 4.53. The molecule has 2 N–H and O–H groups in total. The zero-order valence-corrected chi connectivity index (χ0v) is 11.2. The van der Waals surface area contributed by atoms with E-state index in [2.05, 4.69) is 47.3 Å².